The van der Waals surface area contributed by atoms with Crippen LogP contribution in [0.15, 0.2) is 16.7 Å². The van der Waals surface area contributed by atoms with Gasteiger partial charge in [0.1, 0.15) is 5.76 Å². The summed E-state index contributed by atoms with van der Waals surface area (Å²) in [6.07, 6.45) is 2.76. The summed E-state index contributed by atoms with van der Waals surface area (Å²) in [7, 11) is 0. The predicted octanol–water partition coefficient (Wildman–Crippen LogP) is 1.29. The van der Waals surface area contributed by atoms with Crippen LogP contribution < -0.4 is 5.73 Å². The molecule has 1 fully saturated rings. The summed E-state index contributed by atoms with van der Waals surface area (Å²) in [5, 5.41) is 0. The molecule has 0 spiro atoms. The zero-order valence-electron chi connectivity index (χ0n) is 8.78. The van der Waals surface area contributed by atoms with Crippen molar-refractivity contribution in [2.45, 2.75) is 19.6 Å². The van der Waals surface area contributed by atoms with E-state index in [1.165, 1.54) is 0 Å². The average molecular weight is 211 g/mol. The Morgan fingerprint density at radius 1 is 1.53 bits per heavy atom. The minimum Gasteiger partial charge on any atom is -0.468 e. The van der Waals surface area contributed by atoms with E-state index in [1.807, 2.05) is 6.07 Å². The maximum Gasteiger partial charge on any atom is 0.122 e. The second-order valence-electron chi connectivity index (χ2n) is 3.82. The minimum atomic E-state index is 0.429. The summed E-state index contributed by atoms with van der Waals surface area (Å²) in [5.74, 6) is 1.37. The Kier molecular flexibility index (Phi) is 3.77. The molecular formula is C11H17NO3. The molecule has 4 nitrogen and oxygen atoms in total. The third kappa shape index (κ3) is 2.81. The monoisotopic (exact) mass is 211 g/mol. The molecule has 1 aliphatic rings. The van der Waals surface area contributed by atoms with E-state index >= 15 is 0 Å². The molecule has 2 heterocycles. The molecule has 1 aliphatic heterocycles. The minimum absolute atomic E-state index is 0.429. The van der Waals surface area contributed by atoms with Crippen molar-refractivity contribution in [2.75, 3.05) is 19.8 Å². The van der Waals surface area contributed by atoms with Crippen LogP contribution in [0.5, 0.6) is 0 Å². The summed E-state index contributed by atoms with van der Waals surface area (Å²) < 4.78 is 16.1. The van der Waals surface area contributed by atoms with Crippen LogP contribution in [0.2, 0.25) is 0 Å². The molecule has 0 aliphatic carbocycles. The number of nitrogens with two attached hydrogens (primary N) is 1. The lowest BCUT2D eigenvalue weighted by molar-refractivity contribution is 0.0783. The third-order valence-corrected chi connectivity index (χ3v) is 2.66. The summed E-state index contributed by atoms with van der Waals surface area (Å²) in [4.78, 5) is 0. The van der Waals surface area contributed by atoms with Crippen molar-refractivity contribution in [1.82, 2.24) is 0 Å². The highest BCUT2D eigenvalue weighted by atomic mass is 16.5. The Morgan fingerprint density at radius 3 is 3.20 bits per heavy atom. The summed E-state index contributed by atoms with van der Waals surface area (Å²) in [6.45, 7) is 3.47. The highest BCUT2D eigenvalue weighted by Gasteiger charge is 2.15. The van der Waals surface area contributed by atoms with E-state index in [4.69, 9.17) is 19.6 Å². The van der Waals surface area contributed by atoms with Gasteiger partial charge in [0.05, 0.1) is 32.6 Å². The van der Waals surface area contributed by atoms with Crippen molar-refractivity contribution in [3.05, 3.63) is 23.7 Å². The van der Waals surface area contributed by atoms with Gasteiger partial charge in [-0.1, -0.05) is 0 Å². The number of furan rings is 1. The molecule has 0 radical (unpaired) electrons. The van der Waals surface area contributed by atoms with Crippen molar-refractivity contribution in [3.8, 4) is 0 Å². The van der Waals surface area contributed by atoms with E-state index in [2.05, 4.69) is 0 Å². The Bertz CT molecular complexity index is 292. The van der Waals surface area contributed by atoms with E-state index in [0.717, 1.165) is 37.6 Å². The first-order valence-corrected chi connectivity index (χ1v) is 5.31. The molecule has 0 aromatic carbocycles. The molecule has 15 heavy (non-hydrogen) atoms. The first-order chi connectivity index (χ1) is 7.40. The molecule has 84 valence electrons. The van der Waals surface area contributed by atoms with Gasteiger partial charge in [-0.25, -0.2) is 0 Å². The normalized spacial score (nSPS) is 21.0. The van der Waals surface area contributed by atoms with E-state index in [9.17, 15) is 0 Å². The lowest BCUT2D eigenvalue weighted by atomic mass is 10.1. The fraction of sp³-hybridized carbons (Fsp3) is 0.636. The van der Waals surface area contributed by atoms with Gasteiger partial charge in [0.25, 0.3) is 0 Å². The van der Waals surface area contributed by atoms with Crippen molar-refractivity contribution in [3.63, 3.8) is 0 Å². The van der Waals surface area contributed by atoms with Crippen LogP contribution >= 0.6 is 0 Å². The zero-order chi connectivity index (χ0) is 10.5. The molecule has 0 amide bonds. The predicted molar refractivity (Wildman–Crippen MR) is 55.2 cm³/mol. The van der Waals surface area contributed by atoms with Crippen LogP contribution in [0.3, 0.4) is 0 Å². The Morgan fingerprint density at radius 2 is 2.47 bits per heavy atom. The molecule has 1 unspecified atom stereocenters. The molecule has 1 saturated heterocycles. The van der Waals surface area contributed by atoms with Crippen molar-refractivity contribution < 1.29 is 13.9 Å². The van der Waals surface area contributed by atoms with Crippen molar-refractivity contribution in [1.29, 1.82) is 0 Å². The Hall–Kier alpha value is -0.840. The van der Waals surface area contributed by atoms with E-state index in [0.29, 0.717) is 19.1 Å². The maximum absolute atomic E-state index is 5.61. The molecule has 1 aromatic heterocycles. The number of ether oxygens (including phenoxy) is 2. The van der Waals surface area contributed by atoms with E-state index < -0.39 is 0 Å². The van der Waals surface area contributed by atoms with Crippen LogP contribution in [0.25, 0.3) is 0 Å². The molecular weight excluding hydrogens is 194 g/mol. The molecule has 4 heteroatoms. The van der Waals surface area contributed by atoms with Gasteiger partial charge in [-0.15, -0.1) is 0 Å². The van der Waals surface area contributed by atoms with Gasteiger partial charge in [0.2, 0.25) is 0 Å². The fourth-order valence-corrected chi connectivity index (χ4v) is 1.73. The number of hydrogen-bond donors (Lipinski definition) is 1. The van der Waals surface area contributed by atoms with Gasteiger partial charge in [0, 0.05) is 18.1 Å². The topological polar surface area (TPSA) is 57.6 Å². The van der Waals surface area contributed by atoms with Crippen molar-refractivity contribution >= 4 is 0 Å². The molecule has 2 N–H and O–H groups in total. The lowest BCUT2D eigenvalue weighted by Crippen LogP contribution is -2.09. The fourth-order valence-electron chi connectivity index (χ4n) is 1.73. The standard InChI is InChI=1S/C11H17NO3/c12-5-11-10(2-4-15-11)8-14-7-9-1-3-13-6-9/h2,4,9H,1,3,5-8,12H2. The van der Waals surface area contributed by atoms with Gasteiger partial charge in [0.15, 0.2) is 0 Å². The van der Waals surface area contributed by atoms with Gasteiger partial charge in [-0.2, -0.15) is 0 Å². The lowest BCUT2D eigenvalue weighted by Gasteiger charge is -2.08. The SMILES string of the molecule is NCc1occc1COCC1CCOC1. The van der Waals surface area contributed by atoms with Gasteiger partial charge in [-0.05, 0) is 12.5 Å². The highest BCUT2D eigenvalue weighted by Crippen LogP contribution is 2.15. The quantitative estimate of drug-likeness (QED) is 0.797. The van der Waals surface area contributed by atoms with Crippen LogP contribution in [-0.4, -0.2) is 19.8 Å². The molecule has 0 bridgehead atoms. The summed E-state index contributed by atoms with van der Waals surface area (Å²) >= 11 is 0. The maximum atomic E-state index is 5.61. The van der Waals surface area contributed by atoms with Gasteiger partial charge >= 0.3 is 0 Å². The van der Waals surface area contributed by atoms with Crippen molar-refractivity contribution in [2.24, 2.45) is 11.7 Å². The number of hydrogen-bond acceptors (Lipinski definition) is 4. The zero-order valence-corrected chi connectivity index (χ0v) is 8.78. The summed E-state index contributed by atoms with van der Waals surface area (Å²) in [5.41, 5.74) is 6.57. The smallest absolute Gasteiger partial charge is 0.122 e. The van der Waals surface area contributed by atoms with Crippen LogP contribution in [0.4, 0.5) is 0 Å². The molecule has 0 saturated carbocycles. The second kappa shape index (κ2) is 5.30. The van der Waals surface area contributed by atoms with Gasteiger partial charge < -0.3 is 19.6 Å². The van der Waals surface area contributed by atoms with Crippen LogP contribution in [-0.2, 0) is 22.6 Å². The molecule has 2 rings (SSSR count). The molecule has 1 aromatic rings. The van der Waals surface area contributed by atoms with E-state index in [1.54, 1.807) is 6.26 Å². The second-order valence-corrected chi connectivity index (χ2v) is 3.82. The van der Waals surface area contributed by atoms with Crippen LogP contribution in [0, 0.1) is 5.92 Å². The first-order valence-electron chi connectivity index (χ1n) is 5.31. The van der Waals surface area contributed by atoms with E-state index in [-0.39, 0.29) is 0 Å². The average Bonchev–Trinajstić information content (AvgIpc) is 2.88. The Balaban J connectivity index is 1.73. The number of rotatable bonds is 5. The first kappa shape index (κ1) is 10.7. The summed E-state index contributed by atoms with van der Waals surface area (Å²) in [6, 6.07) is 1.91. The molecule has 1 atom stereocenters. The third-order valence-electron chi connectivity index (χ3n) is 2.66. The van der Waals surface area contributed by atoms with Gasteiger partial charge in [-0.3, -0.25) is 0 Å². The van der Waals surface area contributed by atoms with Crippen LogP contribution in [0.1, 0.15) is 17.7 Å². The highest BCUT2D eigenvalue weighted by molar-refractivity contribution is 5.15. The Labute approximate surface area is 89.3 Å². The largest absolute Gasteiger partial charge is 0.468 e.